The van der Waals surface area contributed by atoms with E-state index in [2.05, 4.69) is 41.5 Å². The van der Waals surface area contributed by atoms with E-state index in [9.17, 15) is 0 Å². The Balaban J connectivity index is 0.00000261. The van der Waals surface area contributed by atoms with E-state index in [1.807, 2.05) is 6.07 Å². The highest BCUT2D eigenvalue weighted by atomic mass is 127. The number of hydrogen-bond donors (Lipinski definition) is 2. The number of aliphatic imine (C=N–C) groups is 1. The number of aromatic nitrogens is 1. The van der Waals surface area contributed by atoms with E-state index in [4.69, 9.17) is 9.52 Å². The second-order valence-corrected chi connectivity index (χ2v) is 7.96. The maximum Gasteiger partial charge on any atom is 0.191 e. The van der Waals surface area contributed by atoms with Crippen molar-refractivity contribution in [3.05, 3.63) is 17.5 Å². The van der Waals surface area contributed by atoms with Crippen LogP contribution in [-0.4, -0.2) is 47.7 Å². The van der Waals surface area contributed by atoms with Crippen molar-refractivity contribution < 1.29 is 4.52 Å². The van der Waals surface area contributed by atoms with Gasteiger partial charge in [0.25, 0.3) is 0 Å². The third kappa shape index (κ3) is 6.62. The van der Waals surface area contributed by atoms with Crippen LogP contribution in [0.15, 0.2) is 15.6 Å². The molecule has 1 aromatic rings. The zero-order chi connectivity index (χ0) is 18.4. The van der Waals surface area contributed by atoms with Crippen molar-refractivity contribution in [2.24, 2.45) is 4.99 Å². The molecule has 1 saturated heterocycles. The molecule has 0 radical (unpaired) electrons. The molecule has 2 fully saturated rings. The van der Waals surface area contributed by atoms with Gasteiger partial charge in [0.2, 0.25) is 0 Å². The standard InChI is InChI=1S/C20H35N5O.HI/c1-4-21-20(22-14-18-13-19(15(2)3)24-26-18)23-16-9-11-25(12-10-16)17-7-5-6-8-17;/h13,15-17H,4-12,14H2,1-3H3,(H2,21,22,23);1H. The van der Waals surface area contributed by atoms with Crippen LogP contribution >= 0.6 is 24.0 Å². The fourth-order valence-electron chi connectivity index (χ4n) is 4.02. The molecule has 7 heteroatoms. The van der Waals surface area contributed by atoms with Gasteiger partial charge in [0, 0.05) is 37.8 Å². The molecule has 2 aliphatic rings. The van der Waals surface area contributed by atoms with Crippen molar-refractivity contribution in [3.8, 4) is 0 Å². The molecule has 0 aromatic carbocycles. The lowest BCUT2D eigenvalue weighted by atomic mass is 10.0. The van der Waals surface area contributed by atoms with Crippen LogP contribution in [0.3, 0.4) is 0 Å². The second kappa shape index (κ2) is 11.2. The van der Waals surface area contributed by atoms with Gasteiger partial charge in [0.05, 0.1) is 5.69 Å². The minimum Gasteiger partial charge on any atom is -0.359 e. The van der Waals surface area contributed by atoms with E-state index in [0.717, 1.165) is 30.0 Å². The van der Waals surface area contributed by atoms with Gasteiger partial charge in [-0.1, -0.05) is 31.8 Å². The van der Waals surface area contributed by atoms with E-state index in [-0.39, 0.29) is 24.0 Å². The summed E-state index contributed by atoms with van der Waals surface area (Å²) in [5.74, 6) is 2.09. The van der Waals surface area contributed by atoms with Crippen molar-refractivity contribution in [1.29, 1.82) is 0 Å². The van der Waals surface area contributed by atoms with Crippen LogP contribution in [0.25, 0.3) is 0 Å². The third-order valence-corrected chi connectivity index (χ3v) is 5.62. The highest BCUT2D eigenvalue weighted by molar-refractivity contribution is 14.0. The van der Waals surface area contributed by atoms with Crippen LogP contribution in [0.2, 0.25) is 0 Å². The number of guanidine groups is 1. The molecule has 1 aliphatic heterocycles. The van der Waals surface area contributed by atoms with E-state index < -0.39 is 0 Å². The Morgan fingerprint density at radius 2 is 1.96 bits per heavy atom. The van der Waals surface area contributed by atoms with Gasteiger partial charge in [-0.15, -0.1) is 24.0 Å². The van der Waals surface area contributed by atoms with Gasteiger partial charge in [0.15, 0.2) is 11.7 Å². The number of hydrogen-bond acceptors (Lipinski definition) is 4. The van der Waals surface area contributed by atoms with Gasteiger partial charge in [0.1, 0.15) is 6.54 Å². The molecule has 27 heavy (non-hydrogen) atoms. The molecule has 0 spiro atoms. The summed E-state index contributed by atoms with van der Waals surface area (Å²) >= 11 is 0. The van der Waals surface area contributed by atoms with Gasteiger partial charge in [-0.3, -0.25) is 0 Å². The normalized spacial score (nSPS) is 20.1. The summed E-state index contributed by atoms with van der Waals surface area (Å²) < 4.78 is 5.40. The van der Waals surface area contributed by atoms with Crippen LogP contribution in [0.5, 0.6) is 0 Å². The molecule has 1 aliphatic carbocycles. The van der Waals surface area contributed by atoms with E-state index >= 15 is 0 Å². The Morgan fingerprint density at radius 3 is 2.56 bits per heavy atom. The summed E-state index contributed by atoms with van der Waals surface area (Å²) in [4.78, 5) is 7.40. The minimum absolute atomic E-state index is 0. The van der Waals surface area contributed by atoms with Crippen LogP contribution < -0.4 is 10.6 Å². The smallest absolute Gasteiger partial charge is 0.191 e. The second-order valence-electron chi connectivity index (χ2n) is 7.96. The predicted molar refractivity (Wildman–Crippen MR) is 121 cm³/mol. The van der Waals surface area contributed by atoms with Crippen molar-refractivity contribution in [2.75, 3.05) is 19.6 Å². The van der Waals surface area contributed by atoms with Crippen molar-refractivity contribution in [1.82, 2.24) is 20.7 Å². The van der Waals surface area contributed by atoms with Gasteiger partial charge in [-0.2, -0.15) is 0 Å². The van der Waals surface area contributed by atoms with E-state index in [1.165, 1.54) is 51.6 Å². The largest absolute Gasteiger partial charge is 0.359 e. The molecular formula is C20H36IN5O. The Labute approximate surface area is 180 Å². The number of rotatable bonds is 6. The van der Waals surface area contributed by atoms with E-state index in [0.29, 0.717) is 18.5 Å². The molecule has 0 amide bonds. The fraction of sp³-hybridized carbons (Fsp3) is 0.800. The number of nitrogens with zero attached hydrogens (tertiary/aromatic N) is 3. The Bertz CT molecular complexity index is 575. The molecule has 0 unspecified atom stereocenters. The Kier molecular flexibility index (Phi) is 9.35. The molecule has 1 aromatic heterocycles. The number of likely N-dealkylation sites (tertiary alicyclic amines) is 1. The van der Waals surface area contributed by atoms with E-state index in [1.54, 1.807) is 0 Å². The topological polar surface area (TPSA) is 65.7 Å². The minimum atomic E-state index is 0. The highest BCUT2D eigenvalue weighted by Crippen LogP contribution is 2.26. The number of piperidine rings is 1. The summed E-state index contributed by atoms with van der Waals surface area (Å²) in [5.41, 5.74) is 0.993. The van der Waals surface area contributed by atoms with Gasteiger partial charge in [-0.05, 0) is 38.5 Å². The summed E-state index contributed by atoms with van der Waals surface area (Å²) in [7, 11) is 0. The molecule has 3 rings (SSSR count). The summed E-state index contributed by atoms with van der Waals surface area (Å²) in [6, 6.07) is 3.36. The first-order valence-corrected chi connectivity index (χ1v) is 10.4. The van der Waals surface area contributed by atoms with Crippen molar-refractivity contribution in [3.63, 3.8) is 0 Å². The van der Waals surface area contributed by atoms with Gasteiger partial charge >= 0.3 is 0 Å². The predicted octanol–water partition coefficient (Wildman–Crippen LogP) is 3.88. The monoisotopic (exact) mass is 489 g/mol. The summed E-state index contributed by atoms with van der Waals surface area (Å²) in [6.45, 7) is 10.1. The number of nitrogens with one attached hydrogen (secondary N) is 2. The molecule has 154 valence electrons. The molecule has 2 N–H and O–H groups in total. The van der Waals surface area contributed by atoms with Crippen LogP contribution in [0, 0.1) is 0 Å². The third-order valence-electron chi connectivity index (χ3n) is 5.62. The highest BCUT2D eigenvalue weighted by Gasteiger charge is 2.27. The average molecular weight is 489 g/mol. The average Bonchev–Trinajstić information content (AvgIpc) is 3.32. The van der Waals surface area contributed by atoms with Crippen molar-refractivity contribution >= 4 is 29.9 Å². The van der Waals surface area contributed by atoms with Crippen LogP contribution in [0.4, 0.5) is 0 Å². The summed E-state index contributed by atoms with van der Waals surface area (Å²) in [5, 5.41) is 11.1. The fourth-order valence-corrected chi connectivity index (χ4v) is 4.02. The SMILES string of the molecule is CCNC(=NCc1cc(C(C)C)no1)NC1CCN(C2CCCC2)CC1.I. The Hall–Kier alpha value is -0.830. The summed E-state index contributed by atoms with van der Waals surface area (Å²) in [6.07, 6.45) is 8.03. The lowest BCUT2D eigenvalue weighted by Crippen LogP contribution is -2.50. The first kappa shape index (κ1) is 22.5. The molecule has 1 saturated carbocycles. The molecule has 2 heterocycles. The zero-order valence-electron chi connectivity index (χ0n) is 17.0. The van der Waals surface area contributed by atoms with Crippen molar-refractivity contribution in [2.45, 2.75) is 83.8 Å². The molecule has 6 nitrogen and oxygen atoms in total. The molecule has 0 bridgehead atoms. The maximum absolute atomic E-state index is 5.40. The lowest BCUT2D eigenvalue weighted by Gasteiger charge is -2.36. The number of halogens is 1. The zero-order valence-corrected chi connectivity index (χ0v) is 19.4. The first-order valence-electron chi connectivity index (χ1n) is 10.4. The van der Waals surface area contributed by atoms with Gasteiger partial charge < -0.3 is 20.1 Å². The van der Waals surface area contributed by atoms with Crippen LogP contribution in [-0.2, 0) is 6.54 Å². The lowest BCUT2D eigenvalue weighted by molar-refractivity contribution is 0.150. The quantitative estimate of drug-likeness (QED) is 0.361. The van der Waals surface area contributed by atoms with Gasteiger partial charge in [-0.25, -0.2) is 4.99 Å². The molecule has 0 atom stereocenters. The first-order chi connectivity index (χ1) is 12.7. The molecular weight excluding hydrogens is 453 g/mol. The maximum atomic E-state index is 5.40. The Morgan fingerprint density at radius 1 is 1.26 bits per heavy atom. The van der Waals surface area contributed by atoms with Crippen LogP contribution in [0.1, 0.15) is 76.7 Å².